The summed E-state index contributed by atoms with van der Waals surface area (Å²) in [5.41, 5.74) is 1.29. The molecule has 4 amide bonds. The molecule has 0 saturated heterocycles. The molecule has 0 saturated carbocycles. The number of amides is 4. The summed E-state index contributed by atoms with van der Waals surface area (Å²) >= 11 is 0. The van der Waals surface area contributed by atoms with Crippen molar-refractivity contribution in [3.63, 3.8) is 0 Å². The van der Waals surface area contributed by atoms with Crippen molar-refractivity contribution in [2.45, 2.75) is 51.6 Å². The lowest BCUT2D eigenvalue weighted by molar-refractivity contribution is -0.137. The van der Waals surface area contributed by atoms with Crippen LogP contribution in [0.5, 0.6) is 17.2 Å². The summed E-state index contributed by atoms with van der Waals surface area (Å²) in [4.78, 5) is 54.0. The molecule has 11 heteroatoms. The molecule has 2 aromatic rings. The van der Waals surface area contributed by atoms with Gasteiger partial charge in [-0.05, 0) is 55.0 Å². The van der Waals surface area contributed by atoms with Crippen molar-refractivity contribution in [3.05, 3.63) is 53.6 Å². The van der Waals surface area contributed by atoms with Crippen LogP contribution in [-0.4, -0.2) is 81.6 Å². The van der Waals surface area contributed by atoms with Crippen LogP contribution in [0.25, 0.3) is 0 Å². The van der Waals surface area contributed by atoms with Crippen LogP contribution in [0, 0.1) is 5.92 Å². The monoisotopic (exact) mass is 582 g/mol. The third-order valence-electron chi connectivity index (χ3n) is 7.11. The number of fused-ring (bicyclic) bond motifs is 1. The molecular weight excluding hydrogens is 540 g/mol. The fourth-order valence-electron chi connectivity index (χ4n) is 4.62. The quantitative estimate of drug-likeness (QED) is 0.407. The summed E-state index contributed by atoms with van der Waals surface area (Å²) in [6.45, 7) is 4.49. The molecule has 228 valence electrons. The highest BCUT2D eigenvalue weighted by Gasteiger charge is 2.29. The van der Waals surface area contributed by atoms with Gasteiger partial charge in [-0.1, -0.05) is 32.0 Å². The van der Waals surface area contributed by atoms with Crippen LogP contribution < -0.4 is 30.2 Å². The summed E-state index contributed by atoms with van der Waals surface area (Å²) in [6.07, 6.45) is 1.33. The first-order chi connectivity index (χ1) is 20.1. The maximum Gasteiger partial charge on any atom is 0.255 e. The summed E-state index contributed by atoms with van der Waals surface area (Å²) in [6, 6.07) is 10.7. The molecular formula is C31H42N4O7. The Hall–Kier alpha value is -4.28. The van der Waals surface area contributed by atoms with Crippen molar-refractivity contribution in [1.82, 2.24) is 20.9 Å². The maximum atomic E-state index is 13.3. The van der Waals surface area contributed by atoms with E-state index in [1.54, 1.807) is 45.5 Å². The smallest absolute Gasteiger partial charge is 0.255 e. The van der Waals surface area contributed by atoms with E-state index in [0.717, 1.165) is 5.56 Å². The third-order valence-corrected chi connectivity index (χ3v) is 7.11. The number of carbonyl (C=O) groups is 4. The minimum absolute atomic E-state index is 0.0525. The molecule has 1 aliphatic heterocycles. The molecule has 0 fully saturated rings. The second kappa shape index (κ2) is 15.6. The highest BCUT2D eigenvalue weighted by molar-refractivity contribution is 5.99. The number of aryl methyl sites for hydroxylation is 1. The molecule has 0 unspecified atom stereocenters. The Morgan fingerprint density at radius 3 is 2.52 bits per heavy atom. The molecule has 1 aliphatic rings. The van der Waals surface area contributed by atoms with Gasteiger partial charge in [-0.2, -0.15) is 0 Å². The van der Waals surface area contributed by atoms with Crippen LogP contribution in [0.2, 0.25) is 0 Å². The van der Waals surface area contributed by atoms with Gasteiger partial charge in [0.2, 0.25) is 17.7 Å². The zero-order valence-electron chi connectivity index (χ0n) is 25.0. The van der Waals surface area contributed by atoms with E-state index >= 15 is 0 Å². The maximum absolute atomic E-state index is 13.3. The average molecular weight is 583 g/mol. The highest BCUT2D eigenvalue weighted by Crippen LogP contribution is 2.28. The molecule has 0 radical (unpaired) electrons. The van der Waals surface area contributed by atoms with Crippen LogP contribution >= 0.6 is 0 Å². The fourth-order valence-corrected chi connectivity index (χ4v) is 4.62. The highest BCUT2D eigenvalue weighted by atomic mass is 16.5. The molecule has 11 nitrogen and oxygen atoms in total. The van der Waals surface area contributed by atoms with E-state index in [2.05, 4.69) is 16.0 Å². The second-order valence-corrected chi connectivity index (χ2v) is 10.5. The first-order valence-corrected chi connectivity index (χ1v) is 14.2. The van der Waals surface area contributed by atoms with Gasteiger partial charge in [-0.3, -0.25) is 19.2 Å². The Kier molecular flexibility index (Phi) is 12.0. The van der Waals surface area contributed by atoms with Crippen LogP contribution in [0.3, 0.4) is 0 Å². The van der Waals surface area contributed by atoms with E-state index in [0.29, 0.717) is 36.6 Å². The molecule has 0 aliphatic carbocycles. The number of benzene rings is 2. The summed E-state index contributed by atoms with van der Waals surface area (Å²) in [7, 11) is 4.80. The Bertz CT molecular complexity index is 1250. The number of likely N-dealkylation sites (N-methyl/N-ethyl adjacent to an activating group) is 1. The number of nitrogens with one attached hydrogen (secondary N) is 3. The molecule has 0 spiro atoms. The topological polar surface area (TPSA) is 135 Å². The predicted molar refractivity (Wildman–Crippen MR) is 158 cm³/mol. The van der Waals surface area contributed by atoms with Crippen LogP contribution in [0.1, 0.15) is 49.0 Å². The van der Waals surface area contributed by atoms with Gasteiger partial charge in [0.25, 0.3) is 5.91 Å². The summed E-state index contributed by atoms with van der Waals surface area (Å²) in [5, 5.41) is 8.47. The molecule has 2 atom stereocenters. The number of ether oxygens (including phenoxy) is 3. The molecule has 3 rings (SSSR count). The Morgan fingerprint density at radius 2 is 1.81 bits per heavy atom. The predicted octanol–water partition coefficient (Wildman–Crippen LogP) is 2.32. The van der Waals surface area contributed by atoms with E-state index in [4.69, 9.17) is 14.2 Å². The Balaban J connectivity index is 1.72. The van der Waals surface area contributed by atoms with Crippen molar-refractivity contribution in [2.75, 3.05) is 41.0 Å². The minimum Gasteiger partial charge on any atom is -0.493 e. The van der Waals surface area contributed by atoms with Crippen LogP contribution in [0.15, 0.2) is 42.5 Å². The van der Waals surface area contributed by atoms with Gasteiger partial charge in [0.1, 0.15) is 24.4 Å². The normalized spacial score (nSPS) is 18.5. The van der Waals surface area contributed by atoms with Gasteiger partial charge in [-0.25, -0.2) is 0 Å². The first-order valence-electron chi connectivity index (χ1n) is 14.2. The van der Waals surface area contributed by atoms with Gasteiger partial charge >= 0.3 is 0 Å². The number of rotatable bonds is 8. The molecule has 3 N–H and O–H groups in total. The Morgan fingerprint density at radius 1 is 1.07 bits per heavy atom. The lowest BCUT2D eigenvalue weighted by atomic mass is 10.0. The minimum atomic E-state index is -0.974. The zero-order chi connectivity index (χ0) is 30.6. The van der Waals surface area contributed by atoms with E-state index < -0.39 is 23.9 Å². The van der Waals surface area contributed by atoms with Crippen molar-refractivity contribution >= 4 is 23.6 Å². The van der Waals surface area contributed by atoms with Gasteiger partial charge in [0.05, 0.1) is 26.3 Å². The van der Waals surface area contributed by atoms with Gasteiger partial charge in [0.15, 0.2) is 11.5 Å². The fraction of sp³-hybridized carbons (Fsp3) is 0.484. The van der Waals surface area contributed by atoms with Gasteiger partial charge in [0, 0.05) is 20.0 Å². The summed E-state index contributed by atoms with van der Waals surface area (Å²) < 4.78 is 16.5. The van der Waals surface area contributed by atoms with Crippen molar-refractivity contribution in [2.24, 2.45) is 5.92 Å². The Labute approximate surface area is 247 Å². The van der Waals surface area contributed by atoms with E-state index in [9.17, 15) is 19.2 Å². The number of hydrogen-bond acceptors (Lipinski definition) is 7. The van der Waals surface area contributed by atoms with Gasteiger partial charge in [-0.15, -0.1) is 0 Å². The van der Waals surface area contributed by atoms with Crippen molar-refractivity contribution < 1.29 is 33.4 Å². The number of carbonyl (C=O) groups excluding carboxylic acids is 4. The number of hydrogen-bond donors (Lipinski definition) is 3. The average Bonchev–Trinajstić information content (AvgIpc) is 2.99. The molecule has 0 bridgehead atoms. The molecule has 1 heterocycles. The zero-order valence-corrected chi connectivity index (χ0v) is 25.0. The van der Waals surface area contributed by atoms with Crippen LogP contribution in [-0.2, 0) is 20.8 Å². The third kappa shape index (κ3) is 8.86. The lowest BCUT2D eigenvalue weighted by Gasteiger charge is -2.27. The lowest BCUT2D eigenvalue weighted by Crippen LogP contribution is -2.51. The number of para-hydroxylation sites is 1. The van der Waals surface area contributed by atoms with E-state index in [-0.39, 0.29) is 49.3 Å². The summed E-state index contributed by atoms with van der Waals surface area (Å²) in [5.74, 6) is -0.0291. The standard InChI is InChI=1S/C31H42N4O7/c1-20(2)28-31(39)35(3)17-18-42-24-11-7-6-10-22(24)29(37)33-23(13-15-27(36)34-28)30(38)32-16-8-9-21-12-14-25(40-4)26(19-21)41-5/h6-7,10-12,14,19-20,23,28H,8-9,13,15-18H2,1-5H3,(H,32,38)(H,33,37)(H,34,36)/t23-,28+/m0/s1. The first kappa shape index (κ1) is 32.2. The number of methoxy groups -OCH3 is 2. The van der Waals surface area contributed by atoms with Crippen molar-refractivity contribution in [3.8, 4) is 17.2 Å². The number of nitrogens with zero attached hydrogens (tertiary/aromatic N) is 1. The second-order valence-electron chi connectivity index (χ2n) is 10.5. The van der Waals surface area contributed by atoms with Crippen LogP contribution in [0.4, 0.5) is 0 Å². The molecule has 2 aromatic carbocycles. The SMILES string of the molecule is COc1ccc(CCCNC(=O)[C@@H]2CCC(=O)N[C@H](C(C)C)C(=O)N(C)CCOc3ccccc3C(=O)N2)cc1OC. The molecule has 0 aromatic heterocycles. The van der Waals surface area contributed by atoms with E-state index in [1.165, 1.54) is 4.90 Å². The van der Waals surface area contributed by atoms with Gasteiger partial charge < -0.3 is 35.1 Å². The molecule has 42 heavy (non-hydrogen) atoms. The van der Waals surface area contributed by atoms with E-state index in [1.807, 2.05) is 32.0 Å². The largest absolute Gasteiger partial charge is 0.493 e. The van der Waals surface area contributed by atoms with Crippen molar-refractivity contribution in [1.29, 1.82) is 0 Å².